The van der Waals surface area contributed by atoms with E-state index in [-0.39, 0.29) is 12.0 Å². The molecule has 1 aromatic rings. The molecule has 1 rings (SSSR count). The normalized spacial score (nSPS) is 12.9. The van der Waals surface area contributed by atoms with Gasteiger partial charge in [-0.15, -0.1) is 13.2 Å². The minimum Gasteiger partial charge on any atom is -0.469 e. The topological polar surface area (TPSA) is 55.8 Å². The average molecular weight is 264 g/mol. The maximum atomic E-state index is 12.0. The number of aliphatic hydroxyl groups is 1. The van der Waals surface area contributed by atoms with Crippen LogP contribution in [0.2, 0.25) is 0 Å². The summed E-state index contributed by atoms with van der Waals surface area (Å²) < 4.78 is 44.0. The van der Waals surface area contributed by atoms with Gasteiger partial charge in [0.2, 0.25) is 0 Å². The van der Waals surface area contributed by atoms with E-state index in [4.69, 9.17) is 0 Å². The van der Waals surface area contributed by atoms with E-state index in [1.165, 1.54) is 12.1 Å². The molecule has 100 valence electrons. The van der Waals surface area contributed by atoms with Crippen molar-refractivity contribution in [2.45, 2.75) is 18.9 Å². The summed E-state index contributed by atoms with van der Waals surface area (Å²) in [6.07, 6.45) is -6.38. The number of hydrogen-bond acceptors (Lipinski definition) is 4. The van der Waals surface area contributed by atoms with E-state index in [1.807, 2.05) is 0 Å². The van der Waals surface area contributed by atoms with Crippen LogP contribution in [0.25, 0.3) is 0 Å². The molecule has 0 aliphatic carbocycles. The van der Waals surface area contributed by atoms with E-state index in [0.717, 1.165) is 19.2 Å². The number of ether oxygens (including phenoxy) is 2. The Morgan fingerprint density at radius 2 is 2.11 bits per heavy atom. The Kier molecular flexibility index (Phi) is 4.55. The molecule has 0 aliphatic heterocycles. The fourth-order valence-electron chi connectivity index (χ4n) is 1.28. The first-order valence-corrected chi connectivity index (χ1v) is 4.92. The van der Waals surface area contributed by atoms with Gasteiger partial charge in [0.15, 0.2) is 0 Å². The van der Waals surface area contributed by atoms with Crippen LogP contribution in [-0.4, -0.2) is 24.5 Å². The summed E-state index contributed by atoms with van der Waals surface area (Å²) in [5.74, 6) is -1.12. The lowest BCUT2D eigenvalue weighted by atomic mass is 10.1. The molecule has 0 spiro atoms. The van der Waals surface area contributed by atoms with Crippen LogP contribution in [0.15, 0.2) is 24.3 Å². The Bertz CT molecular complexity index is 417. The van der Waals surface area contributed by atoms with Crippen LogP contribution in [-0.2, 0) is 9.53 Å². The molecule has 0 radical (unpaired) electrons. The third-order valence-electron chi connectivity index (χ3n) is 2.06. The highest BCUT2D eigenvalue weighted by molar-refractivity contribution is 5.70. The summed E-state index contributed by atoms with van der Waals surface area (Å²) in [5, 5.41) is 9.61. The lowest BCUT2D eigenvalue weighted by Crippen LogP contribution is -2.17. The second kappa shape index (κ2) is 5.72. The first kappa shape index (κ1) is 14.3. The summed E-state index contributed by atoms with van der Waals surface area (Å²) in [5.41, 5.74) is 0.141. The van der Waals surface area contributed by atoms with Gasteiger partial charge in [-0.1, -0.05) is 12.1 Å². The van der Waals surface area contributed by atoms with E-state index in [9.17, 15) is 23.1 Å². The zero-order valence-corrected chi connectivity index (χ0v) is 9.40. The molecule has 18 heavy (non-hydrogen) atoms. The largest absolute Gasteiger partial charge is 0.573 e. The number of hydrogen-bond donors (Lipinski definition) is 1. The fourth-order valence-corrected chi connectivity index (χ4v) is 1.28. The summed E-state index contributed by atoms with van der Waals surface area (Å²) in [7, 11) is 1.15. The lowest BCUT2D eigenvalue weighted by Gasteiger charge is -2.13. The van der Waals surface area contributed by atoms with Crippen molar-refractivity contribution in [3.8, 4) is 5.75 Å². The number of esters is 1. The number of rotatable bonds is 4. The number of methoxy groups -OCH3 is 1. The molecule has 0 saturated carbocycles. The van der Waals surface area contributed by atoms with Crippen LogP contribution in [0.5, 0.6) is 5.75 Å². The number of alkyl halides is 3. The predicted octanol–water partition coefficient (Wildman–Crippen LogP) is 2.18. The smallest absolute Gasteiger partial charge is 0.469 e. The average Bonchev–Trinajstić information content (AvgIpc) is 2.26. The minimum absolute atomic E-state index is 0.141. The third-order valence-corrected chi connectivity index (χ3v) is 2.06. The zero-order chi connectivity index (χ0) is 13.8. The molecule has 1 N–H and O–H groups in total. The van der Waals surface area contributed by atoms with Gasteiger partial charge in [0, 0.05) is 0 Å². The number of aliphatic hydroxyl groups excluding tert-OH is 1. The van der Waals surface area contributed by atoms with Gasteiger partial charge in [0.25, 0.3) is 0 Å². The summed E-state index contributed by atoms with van der Waals surface area (Å²) in [6, 6.07) is 4.79. The van der Waals surface area contributed by atoms with Crippen LogP contribution in [0.1, 0.15) is 18.1 Å². The van der Waals surface area contributed by atoms with Crippen LogP contribution in [0.4, 0.5) is 13.2 Å². The number of carbonyl (C=O) groups excluding carboxylic acids is 1. The molecule has 0 heterocycles. The Balaban J connectivity index is 2.78. The van der Waals surface area contributed by atoms with E-state index >= 15 is 0 Å². The van der Waals surface area contributed by atoms with Gasteiger partial charge in [-0.05, 0) is 17.7 Å². The van der Waals surface area contributed by atoms with E-state index in [1.54, 1.807) is 0 Å². The number of carbonyl (C=O) groups is 1. The van der Waals surface area contributed by atoms with Crippen molar-refractivity contribution in [2.75, 3.05) is 7.11 Å². The maximum Gasteiger partial charge on any atom is 0.573 e. The molecule has 4 nitrogen and oxygen atoms in total. The van der Waals surface area contributed by atoms with Gasteiger partial charge in [-0.25, -0.2) is 0 Å². The molecule has 0 aromatic heterocycles. The first-order valence-electron chi connectivity index (χ1n) is 4.92. The van der Waals surface area contributed by atoms with Crippen molar-refractivity contribution < 1.29 is 32.5 Å². The van der Waals surface area contributed by atoms with Crippen molar-refractivity contribution in [3.05, 3.63) is 29.8 Å². The highest BCUT2D eigenvalue weighted by atomic mass is 19.4. The minimum atomic E-state index is -4.80. The molecule has 0 saturated heterocycles. The van der Waals surface area contributed by atoms with Crippen LogP contribution >= 0.6 is 0 Å². The molecule has 0 amide bonds. The Labute approximate surface area is 101 Å². The second-order valence-electron chi connectivity index (χ2n) is 3.42. The predicted molar refractivity (Wildman–Crippen MR) is 54.7 cm³/mol. The van der Waals surface area contributed by atoms with Crippen LogP contribution in [0.3, 0.4) is 0 Å². The summed E-state index contributed by atoms with van der Waals surface area (Å²) >= 11 is 0. The molecule has 1 atom stereocenters. The van der Waals surface area contributed by atoms with Gasteiger partial charge in [0.05, 0.1) is 19.6 Å². The molecule has 0 fully saturated rings. The number of benzene rings is 1. The summed E-state index contributed by atoms with van der Waals surface area (Å²) in [6.45, 7) is 0. The van der Waals surface area contributed by atoms with Crippen molar-refractivity contribution in [3.63, 3.8) is 0 Å². The Morgan fingerprint density at radius 1 is 1.44 bits per heavy atom. The molecule has 1 unspecified atom stereocenters. The molecular formula is C11H11F3O4. The van der Waals surface area contributed by atoms with Crippen molar-refractivity contribution in [1.82, 2.24) is 0 Å². The highest BCUT2D eigenvalue weighted by Crippen LogP contribution is 2.26. The first-order chi connectivity index (χ1) is 8.31. The fraction of sp³-hybridized carbons (Fsp3) is 0.364. The van der Waals surface area contributed by atoms with Gasteiger partial charge in [-0.2, -0.15) is 0 Å². The Hall–Kier alpha value is -1.76. The standard InChI is InChI=1S/C11H11F3O4/c1-17-10(16)6-9(15)7-3-2-4-8(5-7)18-11(12,13)14/h2-5,9,15H,6H2,1H3. The molecule has 0 bridgehead atoms. The zero-order valence-electron chi connectivity index (χ0n) is 9.40. The summed E-state index contributed by atoms with van der Waals surface area (Å²) in [4.78, 5) is 10.9. The van der Waals surface area contributed by atoms with Crippen LogP contribution < -0.4 is 4.74 Å². The molecule has 7 heteroatoms. The van der Waals surface area contributed by atoms with Crippen LogP contribution in [0, 0.1) is 0 Å². The Morgan fingerprint density at radius 3 is 2.67 bits per heavy atom. The van der Waals surface area contributed by atoms with E-state index < -0.39 is 24.2 Å². The van der Waals surface area contributed by atoms with Gasteiger partial charge < -0.3 is 14.6 Å². The third kappa shape index (κ3) is 4.62. The molecule has 0 aliphatic rings. The van der Waals surface area contributed by atoms with Gasteiger partial charge in [0.1, 0.15) is 5.75 Å². The van der Waals surface area contributed by atoms with Crippen molar-refractivity contribution >= 4 is 5.97 Å². The monoisotopic (exact) mass is 264 g/mol. The molecule has 1 aromatic carbocycles. The number of halogens is 3. The lowest BCUT2D eigenvalue weighted by molar-refractivity contribution is -0.274. The SMILES string of the molecule is COC(=O)CC(O)c1cccc(OC(F)(F)F)c1. The van der Waals surface area contributed by atoms with E-state index in [0.29, 0.717) is 0 Å². The molecular weight excluding hydrogens is 253 g/mol. The van der Waals surface area contributed by atoms with Gasteiger partial charge >= 0.3 is 12.3 Å². The maximum absolute atomic E-state index is 12.0. The van der Waals surface area contributed by atoms with Crippen molar-refractivity contribution in [1.29, 1.82) is 0 Å². The second-order valence-corrected chi connectivity index (χ2v) is 3.42. The highest BCUT2D eigenvalue weighted by Gasteiger charge is 2.31. The quantitative estimate of drug-likeness (QED) is 0.847. The van der Waals surface area contributed by atoms with Crippen molar-refractivity contribution in [2.24, 2.45) is 0 Å². The van der Waals surface area contributed by atoms with Gasteiger partial charge in [-0.3, -0.25) is 4.79 Å². The van der Waals surface area contributed by atoms with E-state index in [2.05, 4.69) is 9.47 Å².